The van der Waals surface area contributed by atoms with E-state index in [9.17, 15) is 4.79 Å². The van der Waals surface area contributed by atoms with Crippen molar-refractivity contribution in [2.45, 2.75) is 44.2 Å². The second kappa shape index (κ2) is 7.69. The number of hydrogen-bond acceptors (Lipinski definition) is 3. The molecule has 4 rings (SSSR count). The van der Waals surface area contributed by atoms with E-state index in [0.717, 1.165) is 24.0 Å². The third-order valence-electron chi connectivity index (χ3n) is 5.77. The van der Waals surface area contributed by atoms with Gasteiger partial charge >= 0.3 is 6.03 Å². The third-order valence-corrected chi connectivity index (χ3v) is 5.77. The topological polar surface area (TPSA) is 54.5 Å². The summed E-state index contributed by atoms with van der Waals surface area (Å²) in [6, 6.07) is 12.0. The summed E-state index contributed by atoms with van der Waals surface area (Å²) in [4.78, 5) is 19.1. The molecule has 1 aliphatic carbocycles. The lowest BCUT2D eigenvalue weighted by molar-refractivity contribution is -0.0926. The van der Waals surface area contributed by atoms with Crippen LogP contribution in [0.25, 0.3) is 0 Å². The summed E-state index contributed by atoms with van der Waals surface area (Å²) < 4.78 is 6.06. The number of rotatable bonds is 3. The van der Waals surface area contributed by atoms with Crippen LogP contribution >= 0.6 is 0 Å². The van der Waals surface area contributed by atoms with Crippen LogP contribution in [0.5, 0.6) is 0 Å². The SMILES string of the molecule is Cc1ccc([C@H](NC(=O)N2CCOC3(CCCC3)C2)c2ccncc2)cc1. The zero-order chi connectivity index (χ0) is 18.7. The molecule has 1 aromatic heterocycles. The molecular weight excluding hydrogens is 338 g/mol. The first-order chi connectivity index (χ1) is 13.2. The maximum atomic E-state index is 13.1. The molecule has 1 spiro atoms. The molecule has 1 saturated heterocycles. The number of nitrogens with one attached hydrogen (secondary N) is 1. The maximum Gasteiger partial charge on any atom is 0.318 e. The average molecular weight is 365 g/mol. The molecular formula is C22H27N3O2. The molecule has 1 aromatic carbocycles. The highest BCUT2D eigenvalue weighted by atomic mass is 16.5. The summed E-state index contributed by atoms with van der Waals surface area (Å²) in [5.74, 6) is 0. The summed E-state index contributed by atoms with van der Waals surface area (Å²) in [6.45, 7) is 4.02. The zero-order valence-corrected chi connectivity index (χ0v) is 15.9. The number of aryl methyl sites for hydroxylation is 1. The quantitative estimate of drug-likeness (QED) is 0.899. The van der Waals surface area contributed by atoms with Gasteiger partial charge in [0.25, 0.3) is 0 Å². The number of carbonyl (C=O) groups excluding carboxylic acids is 1. The van der Waals surface area contributed by atoms with Gasteiger partial charge in [-0.25, -0.2) is 4.79 Å². The predicted octanol–water partition coefficient (Wildman–Crippen LogP) is 3.83. The van der Waals surface area contributed by atoms with Gasteiger partial charge in [0.15, 0.2) is 0 Å². The number of pyridine rings is 1. The molecule has 2 aliphatic rings. The average Bonchev–Trinajstić information content (AvgIpc) is 3.15. The number of carbonyl (C=O) groups is 1. The standard InChI is InChI=1S/C22H27N3O2/c1-17-4-6-18(7-5-17)20(19-8-12-23-13-9-19)24-21(26)25-14-15-27-22(16-25)10-2-3-11-22/h4-9,12-13,20H,2-3,10-11,14-16H2,1H3,(H,24,26)/t20-/m0/s1. The summed E-state index contributed by atoms with van der Waals surface area (Å²) in [5.41, 5.74) is 3.19. The molecule has 2 amide bonds. The maximum absolute atomic E-state index is 13.1. The van der Waals surface area contributed by atoms with Crippen LogP contribution in [0.15, 0.2) is 48.8 Å². The van der Waals surface area contributed by atoms with E-state index in [1.54, 1.807) is 12.4 Å². The molecule has 27 heavy (non-hydrogen) atoms. The number of urea groups is 1. The van der Waals surface area contributed by atoms with Crippen LogP contribution in [0.2, 0.25) is 0 Å². The van der Waals surface area contributed by atoms with E-state index in [4.69, 9.17) is 4.74 Å². The van der Waals surface area contributed by atoms with E-state index in [1.807, 2.05) is 17.0 Å². The number of benzene rings is 1. The van der Waals surface area contributed by atoms with Crippen molar-refractivity contribution in [3.05, 3.63) is 65.5 Å². The van der Waals surface area contributed by atoms with Gasteiger partial charge in [0.2, 0.25) is 0 Å². The minimum absolute atomic E-state index is 0.0213. The van der Waals surface area contributed by atoms with E-state index in [2.05, 4.69) is 41.5 Å². The van der Waals surface area contributed by atoms with Gasteiger partial charge in [-0.3, -0.25) is 4.98 Å². The molecule has 1 N–H and O–H groups in total. The second-order valence-electron chi connectivity index (χ2n) is 7.73. The minimum atomic E-state index is -0.191. The Hall–Kier alpha value is -2.40. The first-order valence-corrected chi connectivity index (χ1v) is 9.81. The molecule has 2 heterocycles. The van der Waals surface area contributed by atoms with Gasteiger partial charge in [-0.1, -0.05) is 42.7 Å². The molecule has 142 valence electrons. The second-order valence-corrected chi connectivity index (χ2v) is 7.73. The highest BCUT2D eigenvalue weighted by molar-refractivity contribution is 5.75. The van der Waals surface area contributed by atoms with Crippen LogP contribution in [0, 0.1) is 6.92 Å². The van der Waals surface area contributed by atoms with Crippen LogP contribution in [0.1, 0.15) is 48.4 Å². The van der Waals surface area contributed by atoms with Gasteiger partial charge in [0.05, 0.1) is 24.8 Å². The Morgan fingerprint density at radius 1 is 1.11 bits per heavy atom. The summed E-state index contributed by atoms with van der Waals surface area (Å²) in [6.07, 6.45) is 8.04. The summed E-state index contributed by atoms with van der Waals surface area (Å²) >= 11 is 0. The first kappa shape index (κ1) is 18.0. The summed E-state index contributed by atoms with van der Waals surface area (Å²) in [7, 11) is 0. The predicted molar refractivity (Wildman–Crippen MR) is 105 cm³/mol. The molecule has 2 fully saturated rings. The number of aromatic nitrogens is 1. The summed E-state index contributed by atoms with van der Waals surface area (Å²) in [5, 5.41) is 3.25. The molecule has 0 radical (unpaired) electrons. The Bertz CT molecular complexity index is 770. The van der Waals surface area contributed by atoms with Gasteiger partial charge in [-0.2, -0.15) is 0 Å². The molecule has 0 bridgehead atoms. The van der Waals surface area contributed by atoms with Crippen molar-refractivity contribution in [1.82, 2.24) is 15.2 Å². The highest BCUT2D eigenvalue weighted by Gasteiger charge is 2.40. The number of amides is 2. The van der Waals surface area contributed by atoms with Crippen molar-refractivity contribution in [3.8, 4) is 0 Å². The van der Waals surface area contributed by atoms with Crippen molar-refractivity contribution >= 4 is 6.03 Å². The van der Waals surface area contributed by atoms with Crippen molar-refractivity contribution in [2.75, 3.05) is 19.7 Å². The molecule has 1 atom stereocenters. The fraction of sp³-hybridized carbons (Fsp3) is 0.455. The van der Waals surface area contributed by atoms with Crippen molar-refractivity contribution in [1.29, 1.82) is 0 Å². The Kier molecular flexibility index (Phi) is 5.12. The van der Waals surface area contributed by atoms with E-state index >= 15 is 0 Å². The molecule has 5 nitrogen and oxygen atoms in total. The monoisotopic (exact) mass is 365 g/mol. The normalized spacial score (nSPS) is 19.8. The number of ether oxygens (including phenoxy) is 1. The largest absolute Gasteiger partial charge is 0.371 e. The van der Waals surface area contributed by atoms with Crippen molar-refractivity contribution in [2.24, 2.45) is 0 Å². The zero-order valence-electron chi connectivity index (χ0n) is 15.9. The van der Waals surface area contributed by atoms with Crippen LogP contribution in [0.4, 0.5) is 4.79 Å². The third kappa shape index (κ3) is 3.98. The first-order valence-electron chi connectivity index (χ1n) is 9.81. The van der Waals surface area contributed by atoms with Crippen LogP contribution in [0.3, 0.4) is 0 Å². The highest BCUT2D eigenvalue weighted by Crippen LogP contribution is 2.36. The molecule has 1 saturated carbocycles. The van der Waals surface area contributed by atoms with Gasteiger partial charge in [-0.05, 0) is 43.0 Å². The molecule has 0 unspecified atom stereocenters. The van der Waals surface area contributed by atoms with Gasteiger partial charge < -0.3 is 15.0 Å². The van der Waals surface area contributed by atoms with Crippen LogP contribution < -0.4 is 5.32 Å². The lowest BCUT2D eigenvalue weighted by atomic mass is 9.98. The Labute approximate surface area is 160 Å². The Morgan fingerprint density at radius 3 is 2.48 bits per heavy atom. The lowest BCUT2D eigenvalue weighted by Crippen LogP contribution is -2.55. The van der Waals surface area contributed by atoms with E-state index in [1.165, 1.54) is 18.4 Å². The Balaban J connectivity index is 1.54. The fourth-order valence-corrected chi connectivity index (χ4v) is 4.23. The van der Waals surface area contributed by atoms with Gasteiger partial charge in [0, 0.05) is 18.9 Å². The van der Waals surface area contributed by atoms with Crippen molar-refractivity contribution < 1.29 is 9.53 Å². The van der Waals surface area contributed by atoms with E-state index in [-0.39, 0.29) is 17.7 Å². The van der Waals surface area contributed by atoms with Crippen molar-refractivity contribution in [3.63, 3.8) is 0 Å². The molecule has 5 heteroatoms. The molecule has 2 aromatic rings. The number of hydrogen-bond donors (Lipinski definition) is 1. The van der Waals surface area contributed by atoms with Gasteiger partial charge in [-0.15, -0.1) is 0 Å². The fourth-order valence-electron chi connectivity index (χ4n) is 4.23. The van der Waals surface area contributed by atoms with Crippen LogP contribution in [-0.2, 0) is 4.74 Å². The number of nitrogens with zero attached hydrogens (tertiary/aromatic N) is 2. The number of morpholine rings is 1. The van der Waals surface area contributed by atoms with E-state index in [0.29, 0.717) is 19.7 Å². The molecule has 1 aliphatic heterocycles. The smallest absolute Gasteiger partial charge is 0.318 e. The van der Waals surface area contributed by atoms with Crippen LogP contribution in [-0.4, -0.2) is 41.2 Å². The Morgan fingerprint density at radius 2 is 1.78 bits per heavy atom. The lowest BCUT2D eigenvalue weighted by Gasteiger charge is -2.41. The van der Waals surface area contributed by atoms with Gasteiger partial charge in [0.1, 0.15) is 0 Å². The van der Waals surface area contributed by atoms with E-state index < -0.39 is 0 Å². The minimum Gasteiger partial charge on any atom is -0.371 e.